The quantitative estimate of drug-likeness (QED) is 0.263. The van der Waals surface area contributed by atoms with Crippen molar-refractivity contribution in [3.05, 3.63) is 100 Å². The van der Waals surface area contributed by atoms with Crippen molar-refractivity contribution in [3.63, 3.8) is 0 Å². The third-order valence-electron chi connectivity index (χ3n) is 7.52. The van der Waals surface area contributed by atoms with Crippen molar-refractivity contribution in [3.8, 4) is 5.69 Å². The summed E-state index contributed by atoms with van der Waals surface area (Å²) in [6, 6.07) is 18.9. The summed E-state index contributed by atoms with van der Waals surface area (Å²) < 4.78 is 17.1. The van der Waals surface area contributed by atoms with Crippen LogP contribution in [0.1, 0.15) is 49.8 Å². The zero-order valence-electron chi connectivity index (χ0n) is 22.7. The number of hydrogen-bond acceptors (Lipinski definition) is 6. The largest absolute Gasteiger partial charge is 0.481 e. The molecule has 10 heteroatoms. The minimum atomic E-state index is -0.873. The number of aryl methyl sites for hydroxylation is 2. The molecule has 1 unspecified atom stereocenters. The molecule has 0 saturated carbocycles. The first-order chi connectivity index (χ1) is 19.7. The van der Waals surface area contributed by atoms with Gasteiger partial charge in [0.1, 0.15) is 11.6 Å². The van der Waals surface area contributed by atoms with Crippen molar-refractivity contribution in [1.82, 2.24) is 19.1 Å². The van der Waals surface area contributed by atoms with Gasteiger partial charge in [-0.15, -0.1) is 0 Å². The third-order valence-corrected chi connectivity index (χ3v) is 7.52. The summed E-state index contributed by atoms with van der Waals surface area (Å²) in [6.07, 6.45) is 1.87. The first-order valence-corrected chi connectivity index (χ1v) is 13.4. The van der Waals surface area contributed by atoms with Crippen LogP contribution in [-0.2, 0) is 28.7 Å². The molecule has 1 aliphatic rings. The Bertz CT molecular complexity index is 1890. The molecule has 9 nitrogen and oxygen atoms in total. The van der Waals surface area contributed by atoms with E-state index in [1.54, 1.807) is 6.07 Å². The van der Waals surface area contributed by atoms with Gasteiger partial charge in [-0.1, -0.05) is 23.4 Å². The molecule has 2 aromatic heterocycles. The number of carboxylic acids is 1. The molecule has 6 rings (SSSR count). The smallest absolute Gasteiger partial charge is 0.303 e. The molecule has 0 amide bonds. The van der Waals surface area contributed by atoms with Crippen LogP contribution in [0.5, 0.6) is 0 Å². The number of benzene rings is 3. The number of carbonyl (C=O) groups is 1. The van der Waals surface area contributed by atoms with Crippen LogP contribution in [0.3, 0.4) is 0 Å². The summed E-state index contributed by atoms with van der Waals surface area (Å²) in [7, 11) is 1.96. The lowest BCUT2D eigenvalue weighted by molar-refractivity contribution is -0.137. The van der Waals surface area contributed by atoms with Crippen LogP contribution in [0.25, 0.3) is 27.6 Å². The highest BCUT2D eigenvalue weighted by Gasteiger charge is 2.40. The van der Waals surface area contributed by atoms with Gasteiger partial charge in [-0.2, -0.15) is 0 Å². The summed E-state index contributed by atoms with van der Waals surface area (Å²) in [5.74, 6) is -0.0383. The van der Waals surface area contributed by atoms with Crippen LogP contribution in [-0.4, -0.2) is 35.9 Å². The van der Waals surface area contributed by atoms with E-state index in [1.165, 1.54) is 28.8 Å². The first kappa shape index (κ1) is 26.4. The molecule has 1 atom stereocenters. The van der Waals surface area contributed by atoms with E-state index in [9.17, 15) is 14.0 Å². The number of nitrogens with zero attached hydrogens (tertiary/aromatic N) is 5. The van der Waals surface area contributed by atoms with Gasteiger partial charge in [0.05, 0.1) is 33.3 Å². The van der Waals surface area contributed by atoms with Crippen molar-refractivity contribution in [1.29, 1.82) is 0 Å². The summed E-state index contributed by atoms with van der Waals surface area (Å²) >= 11 is 0. The highest BCUT2D eigenvalue weighted by molar-refractivity contribution is 6.04. The van der Waals surface area contributed by atoms with Crippen LogP contribution >= 0.6 is 0 Å². The Kier molecular flexibility index (Phi) is 6.61. The third kappa shape index (κ3) is 4.86. The molecule has 3 heterocycles. The van der Waals surface area contributed by atoms with Crippen LogP contribution in [0.4, 0.5) is 4.39 Å². The first-order valence-electron chi connectivity index (χ1n) is 13.4. The second-order valence-corrected chi connectivity index (χ2v) is 10.5. The number of unbranched alkanes of at least 4 members (excludes halogenated alkanes) is 1. The number of fused-ring (bicyclic) bond motifs is 2. The van der Waals surface area contributed by atoms with Crippen molar-refractivity contribution in [2.24, 2.45) is 12.2 Å². The van der Waals surface area contributed by atoms with E-state index in [0.29, 0.717) is 53.8 Å². The Morgan fingerprint density at radius 1 is 1.05 bits per heavy atom. The molecule has 1 aliphatic heterocycles. The predicted molar refractivity (Wildman–Crippen MR) is 153 cm³/mol. The fourth-order valence-corrected chi connectivity index (χ4v) is 5.43. The van der Waals surface area contributed by atoms with E-state index < -0.39 is 17.4 Å². The zero-order valence-corrected chi connectivity index (χ0v) is 22.7. The van der Waals surface area contributed by atoms with E-state index in [4.69, 9.17) is 19.9 Å². The molecule has 0 saturated heterocycles. The lowest BCUT2D eigenvalue weighted by atomic mass is 9.94. The maximum atomic E-state index is 13.7. The second kappa shape index (κ2) is 10.3. The Balaban J connectivity index is 1.35. The van der Waals surface area contributed by atoms with E-state index in [2.05, 4.69) is 5.16 Å². The van der Waals surface area contributed by atoms with E-state index in [0.717, 1.165) is 22.4 Å². The van der Waals surface area contributed by atoms with Gasteiger partial charge in [0.2, 0.25) is 0 Å². The predicted octanol–water partition coefficient (Wildman–Crippen LogP) is 5.25. The lowest BCUT2D eigenvalue weighted by Gasteiger charge is -2.20. The van der Waals surface area contributed by atoms with Gasteiger partial charge in [-0.05, 0) is 68.3 Å². The number of halogens is 1. The molecule has 0 aliphatic carbocycles. The maximum absolute atomic E-state index is 13.7. The van der Waals surface area contributed by atoms with E-state index in [1.807, 2.05) is 54.9 Å². The normalized spacial score (nSPS) is 16.7. The SMILES string of the molecule is Cn1c(C2(C)CC(c3ccc4c(=O)n(-c5ccc(F)cc5)c(CCCCC(=O)O)nc4c3)=NO2)nc2ccccc21. The summed E-state index contributed by atoms with van der Waals surface area (Å²) in [6.45, 7) is 1.96. The topological polar surface area (TPSA) is 112 Å². The van der Waals surface area contributed by atoms with E-state index in [-0.39, 0.29) is 12.0 Å². The number of hydrogen-bond donors (Lipinski definition) is 1. The van der Waals surface area contributed by atoms with Gasteiger partial charge in [-0.25, -0.2) is 14.4 Å². The van der Waals surface area contributed by atoms with Gasteiger partial charge in [-0.3, -0.25) is 14.2 Å². The average Bonchev–Trinajstić information content (AvgIpc) is 3.53. The Morgan fingerprint density at radius 2 is 1.83 bits per heavy atom. The number of para-hydroxylation sites is 2. The molecule has 0 radical (unpaired) electrons. The number of aromatic nitrogens is 4. The van der Waals surface area contributed by atoms with Crippen LogP contribution in [0, 0.1) is 5.82 Å². The van der Waals surface area contributed by atoms with Gasteiger partial charge < -0.3 is 14.5 Å². The molecular weight excluding hydrogens is 525 g/mol. The fraction of sp³-hybridized carbons (Fsp3) is 0.258. The number of oxime groups is 1. The fourth-order valence-electron chi connectivity index (χ4n) is 5.43. The summed E-state index contributed by atoms with van der Waals surface area (Å²) in [5.41, 5.74) is 3.32. The number of imidazole rings is 1. The molecule has 0 fully saturated rings. The van der Waals surface area contributed by atoms with Gasteiger partial charge >= 0.3 is 5.97 Å². The highest BCUT2D eigenvalue weighted by Crippen LogP contribution is 2.37. The molecule has 0 spiro atoms. The van der Waals surface area contributed by atoms with Gasteiger partial charge in [0.25, 0.3) is 5.56 Å². The number of carboxylic acid groups (broad SMARTS) is 1. The van der Waals surface area contributed by atoms with Crippen molar-refractivity contribution >= 4 is 33.6 Å². The van der Waals surface area contributed by atoms with Crippen molar-refractivity contribution < 1.29 is 19.1 Å². The summed E-state index contributed by atoms with van der Waals surface area (Å²) in [5, 5.41) is 13.8. The summed E-state index contributed by atoms with van der Waals surface area (Å²) in [4.78, 5) is 40.3. The molecular formula is C31H28FN5O4. The number of rotatable bonds is 8. The molecule has 41 heavy (non-hydrogen) atoms. The lowest BCUT2D eigenvalue weighted by Crippen LogP contribution is -2.26. The van der Waals surface area contributed by atoms with Crippen LogP contribution in [0.2, 0.25) is 0 Å². The van der Waals surface area contributed by atoms with Gasteiger partial charge in [0, 0.05) is 31.9 Å². The van der Waals surface area contributed by atoms with Gasteiger partial charge in [0.15, 0.2) is 11.4 Å². The standard InChI is InChI=1S/C31H28FN5O4/c1-31(30-34-23-7-3-4-8-26(23)36(30)2)18-25(35-41-31)19-11-16-22-24(17-19)33-27(9-5-6-10-28(38)39)37(29(22)40)21-14-12-20(32)13-15-21/h3-4,7-8,11-17H,5-6,9-10,18H2,1-2H3,(H,38,39). The monoisotopic (exact) mass is 553 g/mol. The molecule has 208 valence electrons. The van der Waals surface area contributed by atoms with Crippen LogP contribution < -0.4 is 5.56 Å². The second-order valence-electron chi connectivity index (χ2n) is 10.5. The maximum Gasteiger partial charge on any atom is 0.303 e. The minimum absolute atomic E-state index is 0.0304. The highest BCUT2D eigenvalue weighted by atomic mass is 19.1. The minimum Gasteiger partial charge on any atom is -0.481 e. The van der Waals surface area contributed by atoms with Crippen molar-refractivity contribution in [2.75, 3.05) is 0 Å². The molecule has 5 aromatic rings. The molecule has 1 N–H and O–H groups in total. The average molecular weight is 554 g/mol. The van der Waals surface area contributed by atoms with Crippen LogP contribution in [0.15, 0.2) is 76.7 Å². The Labute approximate surface area is 234 Å². The molecule has 0 bridgehead atoms. The van der Waals surface area contributed by atoms with Crippen molar-refractivity contribution in [2.45, 2.75) is 44.6 Å². The Morgan fingerprint density at radius 3 is 2.59 bits per heavy atom. The Hall–Kier alpha value is -4.86. The number of aliphatic carboxylic acids is 1. The zero-order chi connectivity index (χ0) is 28.7. The van der Waals surface area contributed by atoms with E-state index >= 15 is 0 Å². The molecule has 3 aromatic carbocycles.